The predicted octanol–water partition coefficient (Wildman–Crippen LogP) is 2.38. The topological polar surface area (TPSA) is 90.7 Å². The molecular weight excluding hydrogens is 474 g/mol. The molecule has 1 aliphatic heterocycles. The number of ether oxygens (including phenoxy) is 2. The van der Waals surface area contributed by atoms with E-state index in [4.69, 9.17) is 9.47 Å². The molecule has 1 aromatic carbocycles. The van der Waals surface area contributed by atoms with E-state index in [9.17, 15) is 13.2 Å². The molecule has 0 saturated carbocycles. The molecule has 0 aliphatic carbocycles. The highest BCUT2D eigenvalue weighted by Gasteiger charge is 2.29. The Morgan fingerprint density at radius 1 is 1.33 bits per heavy atom. The number of halogens is 1. The highest BCUT2D eigenvalue weighted by molar-refractivity contribution is 9.10. The minimum Gasteiger partial charge on any atom is -0.377 e. The summed E-state index contributed by atoms with van der Waals surface area (Å²) >= 11 is 3.33. The highest BCUT2D eigenvalue weighted by atomic mass is 79.9. The van der Waals surface area contributed by atoms with Crippen molar-refractivity contribution in [3.05, 3.63) is 57.0 Å². The molecule has 0 N–H and O–H groups in total. The van der Waals surface area contributed by atoms with E-state index >= 15 is 0 Å². The number of benzene rings is 1. The van der Waals surface area contributed by atoms with Crippen LogP contribution < -0.4 is 10.5 Å². The number of anilines is 1. The second-order valence-electron chi connectivity index (χ2n) is 7.33. The van der Waals surface area contributed by atoms with E-state index in [0.29, 0.717) is 31.0 Å². The fourth-order valence-corrected chi connectivity index (χ4v) is 4.90. The average molecular weight is 500 g/mol. The first kappa shape index (κ1) is 22.9. The summed E-state index contributed by atoms with van der Waals surface area (Å²) < 4.78 is 37.8. The third-order valence-corrected chi connectivity index (χ3v) is 6.78. The monoisotopic (exact) mass is 499 g/mol. The van der Waals surface area contributed by atoms with Gasteiger partial charge in [-0.15, -0.1) is 0 Å². The van der Waals surface area contributed by atoms with Gasteiger partial charge in [-0.1, -0.05) is 30.3 Å². The van der Waals surface area contributed by atoms with Gasteiger partial charge in [0.2, 0.25) is 0 Å². The zero-order valence-electron chi connectivity index (χ0n) is 17.0. The molecule has 1 fully saturated rings. The van der Waals surface area contributed by atoms with Gasteiger partial charge >= 0.3 is 0 Å². The lowest BCUT2D eigenvalue weighted by Crippen LogP contribution is -2.47. The van der Waals surface area contributed by atoms with Crippen molar-refractivity contribution in [2.24, 2.45) is 0 Å². The van der Waals surface area contributed by atoms with Crippen LogP contribution in [0.2, 0.25) is 0 Å². The van der Waals surface area contributed by atoms with E-state index in [-0.39, 0.29) is 24.9 Å². The summed E-state index contributed by atoms with van der Waals surface area (Å²) in [6, 6.07) is 9.60. The van der Waals surface area contributed by atoms with Gasteiger partial charge in [-0.2, -0.15) is 0 Å². The minimum atomic E-state index is -3.57. The third kappa shape index (κ3) is 5.69. The van der Waals surface area contributed by atoms with Crippen LogP contribution in [0.3, 0.4) is 0 Å². The Balaban J connectivity index is 1.82. The van der Waals surface area contributed by atoms with E-state index in [2.05, 4.69) is 20.9 Å². The van der Waals surface area contributed by atoms with Gasteiger partial charge in [0.05, 0.1) is 32.5 Å². The van der Waals surface area contributed by atoms with Gasteiger partial charge in [-0.05, 0) is 28.4 Å². The van der Waals surface area contributed by atoms with Gasteiger partial charge in [-0.3, -0.25) is 9.36 Å². The molecule has 164 valence electrons. The number of hydrogen-bond acceptors (Lipinski definition) is 7. The molecule has 2 heterocycles. The van der Waals surface area contributed by atoms with Crippen LogP contribution in [-0.4, -0.2) is 56.6 Å². The number of sulfone groups is 1. The van der Waals surface area contributed by atoms with Crippen molar-refractivity contribution in [2.75, 3.05) is 37.5 Å². The summed E-state index contributed by atoms with van der Waals surface area (Å²) in [6.07, 6.45) is 2.71. The summed E-state index contributed by atoms with van der Waals surface area (Å²) in [5, 5.41) is -1.05. The maximum Gasteiger partial charge on any atom is 0.294 e. The number of morpholine rings is 1. The van der Waals surface area contributed by atoms with E-state index < -0.39 is 20.8 Å². The summed E-state index contributed by atoms with van der Waals surface area (Å²) in [5.74, 6) is 0.221. The largest absolute Gasteiger partial charge is 0.377 e. The molecule has 1 aromatic heterocycles. The van der Waals surface area contributed by atoms with Gasteiger partial charge in [0, 0.05) is 25.4 Å². The van der Waals surface area contributed by atoms with Gasteiger partial charge in [0.1, 0.15) is 9.98 Å². The molecule has 2 aromatic rings. The molecular formula is C20H26BrN3O5S. The first-order chi connectivity index (χ1) is 14.3. The standard InChI is InChI=1S/C20H26BrN3O5S/c1-15-13-29-11-9-23(15)19-20(25)24(12-17(21)22-19)18(30(2,26)27)8-10-28-14-16-6-4-3-5-7-16/h3-7,12,15,18H,8-11,13-14H2,1-2H3/t15-,18?/m1/s1. The minimum absolute atomic E-state index is 0.0346. The normalized spacial score (nSPS) is 18.4. The lowest BCUT2D eigenvalue weighted by molar-refractivity contribution is 0.0982. The number of aromatic nitrogens is 2. The molecule has 1 saturated heterocycles. The molecule has 30 heavy (non-hydrogen) atoms. The van der Waals surface area contributed by atoms with Gasteiger partial charge < -0.3 is 14.4 Å². The van der Waals surface area contributed by atoms with Crippen LogP contribution in [0.15, 0.2) is 45.9 Å². The molecule has 0 spiro atoms. The molecule has 10 heteroatoms. The Labute approximate surface area is 184 Å². The van der Waals surface area contributed by atoms with E-state index in [1.54, 1.807) is 0 Å². The summed E-state index contributed by atoms with van der Waals surface area (Å²) in [4.78, 5) is 19.4. The number of rotatable bonds is 8. The lowest BCUT2D eigenvalue weighted by Gasteiger charge is -2.34. The molecule has 0 bridgehead atoms. The van der Waals surface area contributed by atoms with Gasteiger partial charge in [-0.25, -0.2) is 13.4 Å². The smallest absolute Gasteiger partial charge is 0.294 e. The second kappa shape index (κ2) is 10.0. The van der Waals surface area contributed by atoms with Crippen molar-refractivity contribution in [1.82, 2.24) is 9.55 Å². The van der Waals surface area contributed by atoms with Crippen LogP contribution in [0, 0.1) is 0 Å². The first-order valence-corrected chi connectivity index (χ1v) is 12.5. The zero-order valence-corrected chi connectivity index (χ0v) is 19.4. The fraction of sp³-hybridized carbons (Fsp3) is 0.500. The Morgan fingerprint density at radius 2 is 2.07 bits per heavy atom. The van der Waals surface area contributed by atoms with Gasteiger partial charge in [0.25, 0.3) is 5.56 Å². The Hall–Kier alpha value is -1.75. The van der Waals surface area contributed by atoms with Crippen LogP contribution in [0.25, 0.3) is 0 Å². The zero-order chi connectivity index (χ0) is 21.7. The van der Waals surface area contributed by atoms with Crippen LogP contribution >= 0.6 is 15.9 Å². The predicted molar refractivity (Wildman–Crippen MR) is 118 cm³/mol. The molecule has 3 rings (SSSR count). The Bertz CT molecular complexity index is 1010. The Kier molecular flexibility index (Phi) is 7.67. The second-order valence-corrected chi connectivity index (χ2v) is 10.3. The van der Waals surface area contributed by atoms with Crippen LogP contribution in [0.4, 0.5) is 5.82 Å². The van der Waals surface area contributed by atoms with Crippen molar-refractivity contribution in [3.63, 3.8) is 0 Å². The van der Waals surface area contributed by atoms with Crippen LogP contribution in [-0.2, 0) is 25.9 Å². The molecule has 2 atom stereocenters. The maximum atomic E-state index is 13.2. The quantitative estimate of drug-likeness (QED) is 0.514. The van der Waals surface area contributed by atoms with E-state index in [0.717, 1.165) is 11.8 Å². The van der Waals surface area contributed by atoms with E-state index in [1.165, 1.54) is 10.8 Å². The summed E-state index contributed by atoms with van der Waals surface area (Å²) in [7, 11) is -3.57. The molecule has 0 radical (unpaired) electrons. The van der Waals surface area contributed by atoms with E-state index in [1.807, 2.05) is 42.2 Å². The van der Waals surface area contributed by atoms with Gasteiger partial charge in [0.15, 0.2) is 15.7 Å². The molecule has 1 aliphatic rings. The summed E-state index contributed by atoms with van der Waals surface area (Å²) in [5.41, 5.74) is 0.561. The van der Waals surface area contributed by atoms with Crippen LogP contribution in [0.5, 0.6) is 0 Å². The number of nitrogens with zero attached hydrogens (tertiary/aromatic N) is 3. The van der Waals surface area contributed by atoms with Crippen molar-refractivity contribution in [3.8, 4) is 0 Å². The SMILES string of the molecule is C[C@@H]1COCCN1c1nc(Br)cn(C(CCOCc2ccccc2)S(C)(=O)=O)c1=O. The highest BCUT2D eigenvalue weighted by Crippen LogP contribution is 2.22. The molecule has 8 nitrogen and oxygen atoms in total. The average Bonchev–Trinajstić information content (AvgIpc) is 2.70. The van der Waals surface area contributed by atoms with Crippen LogP contribution in [0.1, 0.15) is 24.3 Å². The first-order valence-electron chi connectivity index (χ1n) is 9.71. The van der Waals surface area contributed by atoms with Crippen molar-refractivity contribution < 1.29 is 17.9 Å². The maximum absolute atomic E-state index is 13.2. The molecule has 1 unspecified atom stereocenters. The lowest BCUT2D eigenvalue weighted by atomic mass is 10.2. The fourth-order valence-electron chi connectivity index (χ4n) is 3.42. The van der Waals surface area contributed by atoms with Crippen molar-refractivity contribution in [1.29, 1.82) is 0 Å². The molecule has 0 amide bonds. The van der Waals surface area contributed by atoms with Crippen molar-refractivity contribution in [2.45, 2.75) is 31.4 Å². The Morgan fingerprint density at radius 3 is 2.73 bits per heavy atom. The number of hydrogen-bond donors (Lipinski definition) is 0. The third-order valence-electron chi connectivity index (χ3n) is 4.95. The van der Waals surface area contributed by atoms with Crippen molar-refractivity contribution >= 4 is 31.6 Å². The summed E-state index contributed by atoms with van der Waals surface area (Å²) in [6.45, 7) is 4.00.